The molecular formula is C15H19NO3S. The third kappa shape index (κ3) is 2.02. The first-order chi connectivity index (χ1) is 9.48. The number of allylic oxidation sites excluding steroid dienone is 1. The van der Waals surface area contributed by atoms with E-state index < -0.39 is 10.0 Å². The lowest BCUT2D eigenvalue weighted by molar-refractivity contribution is 0.415. The van der Waals surface area contributed by atoms with E-state index in [1.54, 1.807) is 18.2 Å². The van der Waals surface area contributed by atoms with Gasteiger partial charge in [-0.1, -0.05) is 25.6 Å². The first kappa shape index (κ1) is 14.7. The molecule has 2 rings (SSSR count). The van der Waals surface area contributed by atoms with E-state index in [9.17, 15) is 8.42 Å². The van der Waals surface area contributed by atoms with Crippen LogP contribution in [0.25, 0.3) is 0 Å². The number of hydrogen-bond donors (Lipinski definition) is 0. The van der Waals surface area contributed by atoms with Gasteiger partial charge in [0.2, 0.25) is 0 Å². The molecule has 108 valence electrons. The molecule has 0 spiro atoms. The maximum atomic E-state index is 12.7. The largest absolute Gasteiger partial charge is 0.495 e. The third-order valence-electron chi connectivity index (χ3n) is 3.60. The molecule has 0 bridgehead atoms. The Kier molecular flexibility index (Phi) is 3.90. The Balaban J connectivity index is 2.66. The molecule has 0 saturated carbocycles. The molecule has 0 N–H and O–H groups in total. The van der Waals surface area contributed by atoms with Gasteiger partial charge in [0.25, 0.3) is 10.0 Å². The summed E-state index contributed by atoms with van der Waals surface area (Å²) >= 11 is 0. The lowest BCUT2D eigenvalue weighted by Crippen LogP contribution is -2.35. The summed E-state index contributed by atoms with van der Waals surface area (Å²) in [5.41, 5.74) is 1.39. The number of anilines is 1. The third-order valence-corrected chi connectivity index (χ3v) is 5.62. The first-order valence-electron chi connectivity index (χ1n) is 6.49. The van der Waals surface area contributed by atoms with Crippen LogP contribution in [0.2, 0.25) is 0 Å². The second-order valence-corrected chi connectivity index (χ2v) is 6.43. The predicted molar refractivity (Wildman–Crippen MR) is 81.4 cm³/mol. The summed E-state index contributed by atoms with van der Waals surface area (Å²) in [5, 5.41) is 0. The number of sulfonamides is 1. The van der Waals surface area contributed by atoms with E-state index in [-0.39, 0.29) is 6.04 Å². The van der Waals surface area contributed by atoms with Gasteiger partial charge < -0.3 is 4.74 Å². The van der Waals surface area contributed by atoms with Gasteiger partial charge in [-0.05, 0) is 37.1 Å². The Labute approximate surface area is 120 Å². The van der Waals surface area contributed by atoms with E-state index in [1.807, 2.05) is 19.9 Å². The van der Waals surface area contributed by atoms with Crippen LogP contribution in [0.4, 0.5) is 5.69 Å². The van der Waals surface area contributed by atoms with Crippen molar-refractivity contribution in [3.63, 3.8) is 0 Å². The van der Waals surface area contributed by atoms with E-state index in [0.717, 1.165) is 5.57 Å². The zero-order valence-electron chi connectivity index (χ0n) is 12.0. The Morgan fingerprint density at radius 3 is 2.60 bits per heavy atom. The number of para-hydroxylation sites is 2. The molecule has 0 aliphatic carbocycles. The van der Waals surface area contributed by atoms with Gasteiger partial charge in [0.1, 0.15) is 5.75 Å². The maximum absolute atomic E-state index is 12.7. The van der Waals surface area contributed by atoms with E-state index in [4.69, 9.17) is 4.74 Å². The zero-order valence-corrected chi connectivity index (χ0v) is 12.8. The van der Waals surface area contributed by atoms with Crippen LogP contribution in [-0.2, 0) is 10.0 Å². The quantitative estimate of drug-likeness (QED) is 0.857. The fourth-order valence-electron chi connectivity index (χ4n) is 2.66. The molecule has 0 radical (unpaired) electrons. The molecule has 1 aliphatic rings. The molecule has 1 heterocycles. The van der Waals surface area contributed by atoms with Crippen molar-refractivity contribution in [2.45, 2.75) is 26.3 Å². The van der Waals surface area contributed by atoms with Crippen molar-refractivity contribution in [3.05, 3.63) is 47.4 Å². The minimum Gasteiger partial charge on any atom is -0.495 e. The number of rotatable bonds is 4. The van der Waals surface area contributed by atoms with Crippen molar-refractivity contribution in [2.75, 3.05) is 11.4 Å². The molecular weight excluding hydrogens is 274 g/mol. The minimum absolute atomic E-state index is 0.190. The summed E-state index contributed by atoms with van der Waals surface area (Å²) in [7, 11) is -2.02. The SMILES string of the molecule is C=CC1=C(C)C(CC)N(c2ccccc2OC)S1(=O)=O. The van der Waals surface area contributed by atoms with Gasteiger partial charge in [0, 0.05) is 0 Å². The van der Waals surface area contributed by atoms with Crippen LogP contribution >= 0.6 is 0 Å². The van der Waals surface area contributed by atoms with Gasteiger partial charge >= 0.3 is 0 Å². The van der Waals surface area contributed by atoms with Crippen LogP contribution in [0, 0.1) is 0 Å². The van der Waals surface area contributed by atoms with Gasteiger partial charge in [-0.25, -0.2) is 8.42 Å². The van der Waals surface area contributed by atoms with Crippen LogP contribution in [-0.4, -0.2) is 21.6 Å². The van der Waals surface area contributed by atoms with Crippen molar-refractivity contribution in [1.82, 2.24) is 0 Å². The van der Waals surface area contributed by atoms with Crippen LogP contribution in [0.1, 0.15) is 20.3 Å². The summed E-state index contributed by atoms with van der Waals surface area (Å²) in [6.45, 7) is 7.45. The predicted octanol–water partition coefficient (Wildman–Crippen LogP) is 3.08. The Hall–Kier alpha value is -1.75. The van der Waals surface area contributed by atoms with E-state index >= 15 is 0 Å². The summed E-state index contributed by atoms with van der Waals surface area (Å²) in [4.78, 5) is 0.301. The minimum atomic E-state index is -3.56. The van der Waals surface area contributed by atoms with Gasteiger partial charge in [-0.3, -0.25) is 4.31 Å². The summed E-state index contributed by atoms with van der Waals surface area (Å²) < 4.78 is 32.2. The smallest absolute Gasteiger partial charge is 0.264 e. The van der Waals surface area contributed by atoms with Crippen molar-refractivity contribution < 1.29 is 13.2 Å². The molecule has 1 aromatic rings. The molecule has 0 fully saturated rings. The molecule has 1 unspecified atom stereocenters. The average Bonchev–Trinajstić information content (AvgIpc) is 2.63. The highest BCUT2D eigenvalue weighted by molar-refractivity contribution is 7.97. The van der Waals surface area contributed by atoms with Gasteiger partial charge in [0.05, 0.1) is 23.7 Å². The van der Waals surface area contributed by atoms with E-state index in [0.29, 0.717) is 22.8 Å². The molecule has 0 amide bonds. The van der Waals surface area contributed by atoms with E-state index in [2.05, 4.69) is 6.58 Å². The molecule has 0 aromatic heterocycles. The summed E-state index contributed by atoms with van der Waals surface area (Å²) in [6.07, 6.45) is 2.11. The lowest BCUT2D eigenvalue weighted by Gasteiger charge is -2.27. The average molecular weight is 293 g/mol. The summed E-state index contributed by atoms with van der Waals surface area (Å²) in [6, 6.07) is 6.96. The van der Waals surface area contributed by atoms with Crippen LogP contribution in [0.15, 0.2) is 47.4 Å². The number of ether oxygens (including phenoxy) is 1. The van der Waals surface area contributed by atoms with Crippen molar-refractivity contribution in [1.29, 1.82) is 0 Å². The van der Waals surface area contributed by atoms with Crippen molar-refractivity contribution in [3.8, 4) is 5.75 Å². The molecule has 1 aliphatic heterocycles. The normalized spacial score (nSPS) is 21.1. The monoisotopic (exact) mass is 293 g/mol. The molecule has 5 heteroatoms. The van der Waals surface area contributed by atoms with Gasteiger partial charge in [-0.2, -0.15) is 0 Å². The fourth-order valence-corrected chi connectivity index (χ4v) is 4.68. The first-order valence-corrected chi connectivity index (χ1v) is 7.93. The van der Waals surface area contributed by atoms with Gasteiger partial charge in [0.15, 0.2) is 0 Å². The molecule has 0 saturated heterocycles. The number of benzene rings is 1. The van der Waals surface area contributed by atoms with Gasteiger partial charge in [-0.15, -0.1) is 0 Å². The molecule has 20 heavy (non-hydrogen) atoms. The fraction of sp³-hybridized carbons (Fsp3) is 0.333. The molecule has 1 atom stereocenters. The topological polar surface area (TPSA) is 46.6 Å². The standard InChI is InChI=1S/C15H19NO3S/c1-5-12-11(3)15(6-2)20(17,18)16(12)13-9-7-8-10-14(13)19-4/h6-10,12H,2,5H2,1,3-4H3. The number of hydrogen-bond acceptors (Lipinski definition) is 3. The second-order valence-electron chi connectivity index (χ2n) is 4.65. The van der Waals surface area contributed by atoms with Crippen LogP contribution in [0.5, 0.6) is 5.75 Å². The molecule has 1 aromatic carbocycles. The summed E-state index contributed by atoms with van der Waals surface area (Å²) in [5.74, 6) is 0.549. The number of methoxy groups -OCH3 is 1. The zero-order chi connectivity index (χ0) is 14.9. The number of nitrogens with zero attached hydrogens (tertiary/aromatic N) is 1. The highest BCUT2D eigenvalue weighted by Crippen LogP contribution is 2.41. The second kappa shape index (κ2) is 5.32. The Morgan fingerprint density at radius 1 is 1.40 bits per heavy atom. The molecule has 4 nitrogen and oxygen atoms in total. The van der Waals surface area contributed by atoms with Crippen molar-refractivity contribution in [2.24, 2.45) is 0 Å². The highest BCUT2D eigenvalue weighted by atomic mass is 32.2. The maximum Gasteiger partial charge on any atom is 0.264 e. The van der Waals surface area contributed by atoms with Crippen LogP contribution in [0.3, 0.4) is 0 Å². The highest BCUT2D eigenvalue weighted by Gasteiger charge is 2.41. The Bertz CT molecular complexity index is 661. The van der Waals surface area contributed by atoms with Crippen LogP contribution < -0.4 is 9.04 Å². The van der Waals surface area contributed by atoms with E-state index in [1.165, 1.54) is 17.5 Å². The van der Waals surface area contributed by atoms with Crippen molar-refractivity contribution >= 4 is 15.7 Å². The lowest BCUT2D eigenvalue weighted by atomic mass is 10.1. The Morgan fingerprint density at radius 2 is 2.05 bits per heavy atom.